The Morgan fingerprint density at radius 2 is 1.81 bits per heavy atom. The van der Waals surface area contributed by atoms with E-state index in [1.165, 1.54) is 0 Å². The van der Waals surface area contributed by atoms with Gasteiger partial charge in [0.05, 0.1) is 27.9 Å². The van der Waals surface area contributed by atoms with Crippen LogP contribution in [0.2, 0.25) is 5.02 Å². The smallest absolute Gasteiger partial charge is 0.178 e. The van der Waals surface area contributed by atoms with E-state index in [1.54, 1.807) is 42.5 Å². The van der Waals surface area contributed by atoms with Gasteiger partial charge in [0.2, 0.25) is 0 Å². The van der Waals surface area contributed by atoms with E-state index in [9.17, 15) is 18.8 Å². The molecule has 0 amide bonds. The lowest BCUT2D eigenvalue weighted by atomic mass is 9.81. The van der Waals surface area contributed by atoms with E-state index in [0.717, 1.165) is 24.0 Å². The van der Waals surface area contributed by atoms with E-state index in [1.807, 2.05) is 6.92 Å². The van der Waals surface area contributed by atoms with Gasteiger partial charge in [0, 0.05) is 5.02 Å². The van der Waals surface area contributed by atoms with Crippen molar-refractivity contribution in [3.63, 3.8) is 0 Å². The highest BCUT2D eigenvalue weighted by atomic mass is 35.5. The number of hydrogen-bond acceptors (Lipinski definition) is 4. The molecule has 0 aromatic heterocycles. The van der Waals surface area contributed by atoms with E-state index >= 15 is 0 Å². The molecular weight excluding hydrogens is 382 g/mol. The first kappa shape index (κ1) is 19.9. The van der Waals surface area contributed by atoms with Gasteiger partial charge in [0.1, 0.15) is 0 Å². The van der Waals surface area contributed by atoms with Crippen LogP contribution in [0.5, 0.6) is 0 Å². The highest BCUT2D eigenvalue weighted by Crippen LogP contribution is 2.34. The maximum absolute atomic E-state index is 12.7. The standard InChI is InChI=1S/C21H22ClNO3S/c1-21(24)10-8-15(9-11-21)14-27(25,26)19-5-2-16(3-6-19)20-7-4-18(22)12-17(20)13-23/h2-7,12,15,24H,8-11,14H2,1H3/t15-,21-. The van der Waals surface area contributed by atoms with Crippen molar-refractivity contribution in [2.24, 2.45) is 5.92 Å². The summed E-state index contributed by atoms with van der Waals surface area (Å²) in [5.74, 6) is 0.184. The molecule has 0 radical (unpaired) electrons. The van der Waals surface area contributed by atoms with Gasteiger partial charge < -0.3 is 5.11 Å². The summed E-state index contributed by atoms with van der Waals surface area (Å²) in [7, 11) is -3.39. The summed E-state index contributed by atoms with van der Waals surface area (Å²) in [5, 5.41) is 19.8. The van der Waals surface area contributed by atoms with Crippen molar-refractivity contribution in [3.8, 4) is 17.2 Å². The third-order valence-electron chi connectivity index (χ3n) is 5.26. The van der Waals surface area contributed by atoms with Crippen LogP contribution in [0.25, 0.3) is 11.1 Å². The van der Waals surface area contributed by atoms with Gasteiger partial charge in [-0.25, -0.2) is 8.42 Å². The summed E-state index contributed by atoms with van der Waals surface area (Å²) in [6, 6.07) is 13.8. The molecule has 1 N–H and O–H groups in total. The minimum atomic E-state index is -3.39. The van der Waals surface area contributed by atoms with Crippen molar-refractivity contribution in [1.82, 2.24) is 0 Å². The molecule has 3 rings (SSSR count). The number of hydrogen-bond donors (Lipinski definition) is 1. The van der Waals surface area contributed by atoms with Crippen LogP contribution in [0.4, 0.5) is 0 Å². The Bertz CT molecular complexity index is 965. The molecule has 0 heterocycles. The maximum Gasteiger partial charge on any atom is 0.178 e. The van der Waals surface area contributed by atoms with Crippen LogP contribution >= 0.6 is 11.6 Å². The number of nitrogens with zero attached hydrogens (tertiary/aromatic N) is 1. The summed E-state index contributed by atoms with van der Waals surface area (Å²) in [6.07, 6.45) is 2.72. The molecule has 4 nitrogen and oxygen atoms in total. The van der Waals surface area contributed by atoms with Gasteiger partial charge in [-0.15, -0.1) is 0 Å². The Labute approximate surface area is 165 Å². The average molecular weight is 404 g/mol. The largest absolute Gasteiger partial charge is 0.390 e. The van der Waals surface area contributed by atoms with Crippen LogP contribution in [0, 0.1) is 17.2 Å². The van der Waals surface area contributed by atoms with Crippen LogP contribution in [0.1, 0.15) is 38.2 Å². The molecule has 1 fully saturated rings. The maximum atomic E-state index is 12.7. The molecular formula is C21H22ClNO3S. The second-order valence-corrected chi connectivity index (χ2v) is 10.0. The molecule has 142 valence electrons. The number of halogens is 1. The fraction of sp³-hybridized carbons (Fsp3) is 0.381. The lowest BCUT2D eigenvalue weighted by Gasteiger charge is -2.32. The van der Waals surface area contributed by atoms with Crippen LogP contribution in [0.3, 0.4) is 0 Å². The number of nitriles is 1. The van der Waals surface area contributed by atoms with Crippen molar-refractivity contribution in [1.29, 1.82) is 5.26 Å². The minimum absolute atomic E-state index is 0.0800. The normalized spacial score (nSPS) is 23.0. The average Bonchev–Trinajstić information content (AvgIpc) is 2.63. The Balaban J connectivity index is 1.78. The molecule has 0 saturated heterocycles. The zero-order valence-electron chi connectivity index (χ0n) is 15.2. The zero-order chi connectivity index (χ0) is 19.7. The third kappa shape index (κ3) is 4.70. The summed E-state index contributed by atoms with van der Waals surface area (Å²) in [5.41, 5.74) is 1.28. The lowest BCUT2D eigenvalue weighted by molar-refractivity contribution is 0.0108. The number of rotatable bonds is 4. The Morgan fingerprint density at radius 1 is 1.19 bits per heavy atom. The van der Waals surface area contributed by atoms with E-state index in [2.05, 4.69) is 6.07 Å². The van der Waals surface area contributed by atoms with Crippen molar-refractivity contribution in [2.75, 3.05) is 5.75 Å². The summed E-state index contributed by atoms with van der Waals surface area (Å²) < 4.78 is 25.5. The van der Waals surface area contributed by atoms with Gasteiger partial charge in [-0.3, -0.25) is 0 Å². The molecule has 0 spiro atoms. The molecule has 0 bridgehead atoms. The van der Waals surface area contributed by atoms with E-state index in [0.29, 0.717) is 23.4 Å². The second kappa shape index (κ2) is 7.63. The second-order valence-electron chi connectivity index (χ2n) is 7.55. The molecule has 0 atom stereocenters. The predicted octanol–water partition coefficient (Wildman–Crippen LogP) is 4.59. The highest BCUT2D eigenvalue weighted by Gasteiger charge is 2.31. The van der Waals surface area contributed by atoms with E-state index in [4.69, 9.17) is 11.6 Å². The molecule has 2 aromatic carbocycles. The van der Waals surface area contributed by atoms with Crippen LogP contribution in [0.15, 0.2) is 47.4 Å². The Hall–Kier alpha value is -1.87. The van der Waals surface area contributed by atoms with Gasteiger partial charge in [-0.1, -0.05) is 29.8 Å². The molecule has 2 aromatic rings. The first-order chi connectivity index (χ1) is 12.7. The fourth-order valence-corrected chi connectivity index (χ4v) is 5.44. The Kier molecular flexibility index (Phi) is 5.62. The van der Waals surface area contributed by atoms with Crippen LogP contribution < -0.4 is 0 Å². The molecule has 1 aliphatic carbocycles. The van der Waals surface area contributed by atoms with Crippen molar-refractivity contribution >= 4 is 21.4 Å². The predicted molar refractivity (Wildman–Crippen MR) is 106 cm³/mol. The summed E-state index contributed by atoms with van der Waals surface area (Å²) in [6.45, 7) is 1.81. The van der Waals surface area contributed by atoms with Crippen molar-refractivity contribution in [2.45, 2.75) is 43.1 Å². The third-order valence-corrected chi connectivity index (χ3v) is 7.40. The Morgan fingerprint density at radius 3 is 2.41 bits per heavy atom. The first-order valence-corrected chi connectivity index (χ1v) is 11.0. The van der Waals surface area contributed by atoms with Crippen molar-refractivity contribution < 1.29 is 13.5 Å². The molecule has 27 heavy (non-hydrogen) atoms. The molecule has 1 aliphatic rings. The topological polar surface area (TPSA) is 78.2 Å². The van der Waals surface area contributed by atoms with Crippen LogP contribution in [-0.4, -0.2) is 24.9 Å². The quantitative estimate of drug-likeness (QED) is 0.809. The molecule has 6 heteroatoms. The molecule has 1 saturated carbocycles. The van der Waals surface area contributed by atoms with Gasteiger partial charge >= 0.3 is 0 Å². The van der Waals surface area contributed by atoms with Gasteiger partial charge in [-0.2, -0.15) is 5.26 Å². The van der Waals surface area contributed by atoms with Crippen molar-refractivity contribution in [3.05, 3.63) is 53.1 Å². The lowest BCUT2D eigenvalue weighted by Crippen LogP contribution is -2.32. The number of aliphatic hydroxyl groups is 1. The summed E-state index contributed by atoms with van der Waals surface area (Å²) in [4.78, 5) is 0.288. The SMILES string of the molecule is C[C@]1(O)CC[C@H](CS(=O)(=O)c2ccc(-c3ccc(Cl)cc3C#N)cc2)CC1. The number of benzene rings is 2. The summed E-state index contributed by atoms with van der Waals surface area (Å²) >= 11 is 5.93. The fourth-order valence-electron chi connectivity index (χ4n) is 3.58. The number of sulfone groups is 1. The van der Waals surface area contributed by atoms with Gasteiger partial charge in [-0.05, 0) is 73.9 Å². The monoisotopic (exact) mass is 403 g/mol. The highest BCUT2D eigenvalue weighted by molar-refractivity contribution is 7.91. The zero-order valence-corrected chi connectivity index (χ0v) is 16.7. The molecule has 0 unspecified atom stereocenters. The van der Waals surface area contributed by atoms with Crippen LogP contribution in [-0.2, 0) is 9.84 Å². The van der Waals surface area contributed by atoms with E-state index in [-0.39, 0.29) is 16.6 Å². The first-order valence-electron chi connectivity index (χ1n) is 8.95. The van der Waals surface area contributed by atoms with Gasteiger partial charge in [0.25, 0.3) is 0 Å². The molecule has 0 aliphatic heterocycles. The van der Waals surface area contributed by atoms with Gasteiger partial charge in [0.15, 0.2) is 9.84 Å². The van der Waals surface area contributed by atoms with E-state index < -0.39 is 15.4 Å². The minimum Gasteiger partial charge on any atom is -0.390 e.